The van der Waals surface area contributed by atoms with Gasteiger partial charge in [-0.15, -0.1) is 11.3 Å². The highest BCUT2D eigenvalue weighted by molar-refractivity contribution is 14.1. The molecule has 1 aromatic carbocycles. The lowest BCUT2D eigenvalue weighted by Crippen LogP contribution is -2.23. The van der Waals surface area contributed by atoms with E-state index in [0.717, 1.165) is 18.5 Å². The molecule has 0 bridgehead atoms. The van der Waals surface area contributed by atoms with E-state index in [-0.39, 0.29) is 0 Å². The summed E-state index contributed by atoms with van der Waals surface area (Å²) in [4.78, 5) is 4.57. The third kappa shape index (κ3) is 3.62. The van der Waals surface area contributed by atoms with Crippen molar-refractivity contribution in [3.05, 3.63) is 62.7 Å². The Bertz CT molecular complexity index is 721. The molecular formula is C17H17IN2S. The third-order valence-electron chi connectivity index (χ3n) is 3.53. The zero-order chi connectivity index (χ0) is 14.7. The lowest BCUT2D eigenvalue weighted by Gasteiger charge is -2.18. The largest absolute Gasteiger partial charge is 0.310 e. The number of likely N-dealkylation sites (N-methyl/N-ethyl adjacent to an activating group) is 1. The predicted molar refractivity (Wildman–Crippen MR) is 98.9 cm³/mol. The van der Waals surface area contributed by atoms with E-state index < -0.39 is 0 Å². The van der Waals surface area contributed by atoms with E-state index in [4.69, 9.17) is 0 Å². The Labute approximate surface area is 142 Å². The van der Waals surface area contributed by atoms with Gasteiger partial charge in [-0.2, -0.15) is 0 Å². The molecule has 0 aliphatic heterocycles. The van der Waals surface area contributed by atoms with Crippen LogP contribution < -0.4 is 5.32 Å². The van der Waals surface area contributed by atoms with Crippen LogP contribution in [-0.4, -0.2) is 11.5 Å². The smallest absolute Gasteiger partial charge is 0.0809 e. The molecule has 0 saturated heterocycles. The van der Waals surface area contributed by atoms with Crippen molar-refractivity contribution >= 4 is 44.1 Å². The van der Waals surface area contributed by atoms with Crippen molar-refractivity contribution in [3.8, 4) is 0 Å². The van der Waals surface area contributed by atoms with Gasteiger partial charge in [0.2, 0.25) is 0 Å². The molecule has 0 radical (unpaired) electrons. The van der Waals surface area contributed by atoms with Crippen molar-refractivity contribution in [1.82, 2.24) is 10.3 Å². The highest BCUT2D eigenvalue weighted by atomic mass is 127. The van der Waals surface area contributed by atoms with Gasteiger partial charge in [0.1, 0.15) is 0 Å². The van der Waals surface area contributed by atoms with Crippen LogP contribution >= 0.6 is 33.9 Å². The molecule has 1 atom stereocenters. The first-order valence-electron chi connectivity index (χ1n) is 7.07. The van der Waals surface area contributed by atoms with E-state index >= 15 is 0 Å². The van der Waals surface area contributed by atoms with Crippen molar-refractivity contribution < 1.29 is 0 Å². The number of thiophene rings is 1. The molecule has 3 rings (SSSR count). The summed E-state index contributed by atoms with van der Waals surface area (Å²) in [6, 6.07) is 13.4. The van der Waals surface area contributed by atoms with Crippen molar-refractivity contribution in [3.63, 3.8) is 0 Å². The fourth-order valence-corrected chi connectivity index (χ4v) is 3.61. The van der Waals surface area contributed by atoms with E-state index in [1.54, 1.807) is 11.3 Å². The summed E-state index contributed by atoms with van der Waals surface area (Å²) in [6.07, 6.45) is 3.00. The fraction of sp³-hybridized carbons (Fsp3) is 0.235. The number of nitrogens with one attached hydrogen (secondary N) is 1. The highest BCUT2D eigenvalue weighted by Gasteiger charge is 2.12. The fourth-order valence-electron chi connectivity index (χ4n) is 2.46. The molecule has 1 unspecified atom stereocenters. The standard InChI is InChI=1S/C17H17IN2S/c1-2-19-16(9-12-3-5-14(18)6-4-12)13-10-17-15(20-11-13)7-8-21-17/h3-8,10-11,16,19H,2,9H2,1H3. The minimum atomic E-state index is 0.314. The van der Waals surface area contributed by atoms with Crippen molar-refractivity contribution in [1.29, 1.82) is 0 Å². The molecule has 3 aromatic rings. The first-order chi connectivity index (χ1) is 10.3. The van der Waals surface area contributed by atoms with Gasteiger partial charge in [0.15, 0.2) is 0 Å². The Morgan fingerprint density at radius 2 is 2.05 bits per heavy atom. The first-order valence-corrected chi connectivity index (χ1v) is 9.03. The summed E-state index contributed by atoms with van der Waals surface area (Å²) in [5.74, 6) is 0. The molecular weight excluding hydrogens is 391 g/mol. The number of pyridine rings is 1. The molecule has 1 N–H and O–H groups in total. The maximum Gasteiger partial charge on any atom is 0.0809 e. The lowest BCUT2D eigenvalue weighted by atomic mass is 10.00. The van der Waals surface area contributed by atoms with Gasteiger partial charge in [0, 0.05) is 15.8 Å². The number of benzene rings is 1. The Hall–Kier alpha value is -0.980. The number of halogens is 1. The van der Waals surface area contributed by atoms with Crippen LogP contribution in [-0.2, 0) is 6.42 Å². The zero-order valence-electron chi connectivity index (χ0n) is 11.8. The molecule has 0 fully saturated rings. The van der Waals surface area contributed by atoms with Crippen LogP contribution in [0, 0.1) is 3.57 Å². The van der Waals surface area contributed by atoms with Gasteiger partial charge in [-0.25, -0.2) is 0 Å². The number of hydrogen-bond acceptors (Lipinski definition) is 3. The van der Waals surface area contributed by atoms with Gasteiger partial charge in [-0.05, 0) is 76.3 Å². The number of nitrogens with zero attached hydrogens (tertiary/aromatic N) is 1. The molecule has 108 valence electrons. The number of rotatable bonds is 5. The third-order valence-corrected chi connectivity index (χ3v) is 5.10. The Morgan fingerprint density at radius 3 is 2.81 bits per heavy atom. The normalized spacial score (nSPS) is 12.7. The average Bonchev–Trinajstić information content (AvgIpc) is 2.96. The van der Waals surface area contributed by atoms with Gasteiger partial charge < -0.3 is 5.32 Å². The molecule has 0 amide bonds. The topological polar surface area (TPSA) is 24.9 Å². The van der Waals surface area contributed by atoms with E-state index in [2.05, 4.69) is 81.6 Å². The second kappa shape index (κ2) is 6.85. The van der Waals surface area contributed by atoms with Crippen molar-refractivity contribution in [2.45, 2.75) is 19.4 Å². The molecule has 0 aliphatic carbocycles. The average molecular weight is 408 g/mol. The summed E-state index contributed by atoms with van der Waals surface area (Å²) in [7, 11) is 0. The van der Waals surface area contributed by atoms with Gasteiger partial charge >= 0.3 is 0 Å². The van der Waals surface area contributed by atoms with Crippen LogP contribution in [0.4, 0.5) is 0 Å². The van der Waals surface area contributed by atoms with Crippen LogP contribution in [0.3, 0.4) is 0 Å². The summed E-state index contributed by atoms with van der Waals surface area (Å²) >= 11 is 4.10. The van der Waals surface area contributed by atoms with Crippen LogP contribution in [0.1, 0.15) is 24.1 Å². The van der Waals surface area contributed by atoms with E-state index in [1.807, 2.05) is 6.20 Å². The minimum absolute atomic E-state index is 0.314. The maximum atomic E-state index is 4.57. The second-order valence-corrected chi connectivity index (χ2v) is 7.21. The Morgan fingerprint density at radius 1 is 1.24 bits per heavy atom. The first kappa shape index (κ1) is 14.9. The molecule has 2 heterocycles. The molecule has 0 aliphatic rings. The Balaban J connectivity index is 1.87. The number of aromatic nitrogens is 1. The maximum absolute atomic E-state index is 4.57. The summed E-state index contributed by atoms with van der Waals surface area (Å²) in [6.45, 7) is 3.11. The van der Waals surface area contributed by atoms with Crippen LogP contribution in [0.25, 0.3) is 10.2 Å². The quantitative estimate of drug-likeness (QED) is 0.614. The molecule has 21 heavy (non-hydrogen) atoms. The van der Waals surface area contributed by atoms with Crippen LogP contribution in [0.5, 0.6) is 0 Å². The minimum Gasteiger partial charge on any atom is -0.310 e. The van der Waals surface area contributed by atoms with E-state index in [0.29, 0.717) is 6.04 Å². The van der Waals surface area contributed by atoms with Gasteiger partial charge in [0.25, 0.3) is 0 Å². The number of fused-ring (bicyclic) bond motifs is 1. The SMILES string of the molecule is CCNC(Cc1ccc(I)cc1)c1cnc2ccsc2c1. The zero-order valence-corrected chi connectivity index (χ0v) is 14.8. The molecule has 0 spiro atoms. The summed E-state index contributed by atoms with van der Waals surface area (Å²) < 4.78 is 2.54. The van der Waals surface area contributed by atoms with Crippen LogP contribution in [0.15, 0.2) is 48.0 Å². The van der Waals surface area contributed by atoms with E-state index in [1.165, 1.54) is 19.4 Å². The Kier molecular flexibility index (Phi) is 4.87. The highest BCUT2D eigenvalue weighted by Crippen LogP contribution is 2.25. The van der Waals surface area contributed by atoms with Crippen molar-refractivity contribution in [2.75, 3.05) is 6.54 Å². The number of hydrogen-bond donors (Lipinski definition) is 1. The molecule has 4 heteroatoms. The van der Waals surface area contributed by atoms with Gasteiger partial charge in [-0.1, -0.05) is 19.1 Å². The molecule has 0 saturated carbocycles. The molecule has 2 nitrogen and oxygen atoms in total. The monoisotopic (exact) mass is 408 g/mol. The molecule has 2 aromatic heterocycles. The van der Waals surface area contributed by atoms with Crippen LogP contribution in [0.2, 0.25) is 0 Å². The van der Waals surface area contributed by atoms with E-state index in [9.17, 15) is 0 Å². The second-order valence-electron chi connectivity index (χ2n) is 5.01. The lowest BCUT2D eigenvalue weighted by molar-refractivity contribution is 0.549. The summed E-state index contributed by atoms with van der Waals surface area (Å²) in [5, 5.41) is 5.68. The van der Waals surface area contributed by atoms with Gasteiger partial charge in [0.05, 0.1) is 10.2 Å². The predicted octanol–water partition coefficient (Wildman–Crippen LogP) is 4.79. The summed E-state index contributed by atoms with van der Waals surface area (Å²) in [5.41, 5.74) is 3.71. The van der Waals surface area contributed by atoms with Crippen molar-refractivity contribution in [2.24, 2.45) is 0 Å². The van der Waals surface area contributed by atoms with Gasteiger partial charge in [-0.3, -0.25) is 4.98 Å².